The fourth-order valence-corrected chi connectivity index (χ4v) is 0. The number of hydrogen-bond donors (Lipinski definition) is 0. The van der Waals surface area contributed by atoms with Crippen molar-refractivity contribution in [1.82, 2.24) is 0 Å². The summed E-state index contributed by atoms with van der Waals surface area (Å²) in [5.41, 5.74) is 0. The van der Waals surface area contributed by atoms with Crippen molar-refractivity contribution in [2.45, 2.75) is 0 Å². The zero-order chi connectivity index (χ0) is 0. The normalized spacial score (nSPS) is 0. The maximum Gasteiger partial charge on any atom is 0 e. The second-order valence-corrected chi connectivity index (χ2v) is 0. The minimum atomic E-state index is 0. The van der Waals surface area contributed by atoms with E-state index < -0.39 is 0 Å². The fraction of sp³-hybridized carbons (Fsp3) is 0. The first-order chi connectivity index (χ1) is 0. The molecule has 0 fully saturated rings. The SMILES string of the molecule is [Cr].[Ni].[Ni].[SiH4]. The quantitative estimate of drug-likeness (QED) is 0.421. The first-order valence-electron chi connectivity index (χ1n) is 0. The van der Waals surface area contributed by atoms with Crippen LogP contribution >= 0.6 is 0 Å². The second kappa shape index (κ2) is 21.9. The second-order valence-electron chi connectivity index (χ2n) is 0. The van der Waals surface area contributed by atoms with E-state index in [1.54, 1.807) is 0 Å². The van der Waals surface area contributed by atoms with Crippen molar-refractivity contribution in [2.75, 3.05) is 0 Å². The van der Waals surface area contributed by atoms with Crippen LogP contribution in [0.1, 0.15) is 0 Å². The van der Waals surface area contributed by atoms with E-state index in [4.69, 9.17) is 0 Å². The molecule has 4 heavy (non-hydrogen) atoms. The van der Waals surface area contributed by atoms with Gasteiger partial charge in [0.2, 0.25) is 0 Å². The van der Waals surface area contributed by atoms with Gasteiger partial charge in [0.15, 0.2) is 0 Å². The third kappa shape index (κ3) is 9.28. The van der Waals surface area contributed by atoms with Crippen LogP contribution in [0.15, 0.2) is 0 Å². The zero-order valence-electron chi connectivity index (χ0n) is 1.04. The number of hydrogen-bond acceptors (Lipinski definition) is 0. The summed E-state index contributed by atoms with van der Waals surface area (Å²) in [6.07, 6.45) is 0. The van der Waals surface area contributed by atoms with Gasteiger partial charge in [0, 0.05) is 50.3 Å². The van der Waals surface area contributed by atoms with E-state index in [9.17, 15) is 0 Å². The molecule has 0 heterocycles. The molecule has 0 atom stereocenters. The van der Waals surface area contributed by atoms with Gasteiger partial charge in [-0.1, -0.05) is 0 Å². The Morgan fingerprint density at radius 3 is 0.750 bits per heavy atom. The first-order valence-corrected chi connectivity index (χ1v) is 0. The molecule has 0 spiro atoms. The summed E-state index contributed by atoms with van der Waals surface area (Å²) in [5.74, 6) is 0. The van der Waals surface area contributed by atoms with Gasteiger partial charge in [-0.2, -0.15) is 0 Å². The molecule has 0 aliphatic rings. The van der Waals surface area contributed by atoms with Crippen LogP contribution in [0.25, 0.3) is 0 Å². The molecule has 0 radical (unpaired) electrons. The van der Waals surface area contributed by atoms with E-state index in [1.165, 1.54) is 0 Å². The molecule has 0 amide bonds. The Hall–Kier alpha value is 1.74. The molecule has 0 unspecified atom stereocenters. The van der Waals surface area contributed by atoms with E-state index in [2.05, 4.69) is 0 Å². The minimum absolute atomic E-state index is 0. The molecule has 4 heteroatoms. The molecular formula is H4CrNi2Si. The minimum Gasteiger partial charge on any atom is -0.0149 e. The van der Waals surface area contributed by atoms with Gasteiger partial charge in [-0.15, -0.1) is 0 Å². The Labute approximate surface area is 61.1 Å². The van der Waals surface area contributed by atoms with Crippen molar-refractivity contribution < 1.29 is 50.3 Å². The fourth-order valence-electron chi connectivity index (χ4n) is 0. The summed E-state index contributed by atoms with van der Waals surface area (Å²) in [4.78, 5) is 0. The van der Waals surface area contributed by atoms with Crippen LogP contribution in [0.2, 0.25) is 0 Å². The van der Waals surface area contributed by atoms with E-state index in [-0.39, 0.29) is 61.3 Å². The van der Waals surface area contributed by atoms with Gasteiger partial charge in [-0.25, -0.2) is 0 Å². The van der Waals surface area contributed by atoms with Gasteiger partial charge in [-0.3, -0.25) is 0 Å². The monoisotopic (exact) mass is 200 g/mol. The zero-order valence-corrected chi connectivity index (χ0v) is 4.29. The average molecular weight is 202 g/mol. The molecule has 0 bridgehead atoms. The van der Waals surface area contributed by atoms with Crippen molar-refractivity contribution in [2.24, 2.45) is 0 Å². The van der Waals surface area contributed by atoms with Gasteiger partial charge in [0.1, 0.15) is 0 Å². The van der Waals surface area contributed by atoms with Gasteiger partial charge in [0.05, 0.1) is 0 Å². The molecule has 0 nitrogen and oxygen atoms in total. The van der Waals surface area contributed by atoms with Crippen LogP contribution < -0.4 is 0 Å². The maximum absolute atomic E-state index is 0. The van der Waals surface area contributed by atoms with Crippen molar-refractivity contribution in [3.63, 3.8) is 0 Å². The van der Waals surface area contributed by atoms with Gasteiger partial charge in [0.25, 0.3) is 0 Å². The van der Waals surface area contributed by atoms with Gasteiger partial charge < -0.3 is 0 Å². The Kier molecular flexibility index (Phi) is 234. The summed E-state index contributed by atoms with van der Waals surface area (Å²) in [6.45, 7) is 0. The standard InChI is InChI=1S/Cr.2Ni.H4Si/h;;;1H4. The van der Waals surface area contributed by atoms with Gasteiger partial charge >= 0.3 is 0 Å². The average Bonchev–Trinajstić information content (AvgIpc) is 0. The maximum atomic E-state index is 0. The molecule has 0 aliphatic carbocycles. The molecule has 0 aromatic carbocycles. The van der Waals surface area contributed by atoms with Crippen LogP contribution in [0.5, 0.6) is 0 Å². The van der Waals surface area contributed by atoms with Crippen molar-refractivity contribution in [3.05, 3.63) is 0 Å². The van der Waals surface area contributed by atoms with Crippen LogP contribution in [0.4, 0.5) is 0 Å². The molecule has 34 valence electrons. The third-order valence-electron chi connectivity index (χ3n) is 0. The summed E-state index contributed by atoms with van der Waals surface area (Å²) in [5, 5.41) is 0. The molecule has 0 saturated heterocycles. The Bertz CT molecular complexity index is 6.00. The predicted octanol–water partition coefficient (Wildman–Crippen LogP) is -1.46. The largest absolute Gasteiger partial charge is 0.0149 e. The van der Waals surface area contributed by atoms with Crippen molar-refractivity contribution in [1.29, 1.82) is 0 Å². The van der Waals surface area contributed by atoms with Gasteiger partial charge in [-0.05, 0) is 11.0 Å². The summed E-state index contributed by atoms with van der Waals surface area (Å²) < 4.78 is 0. The Morgan fingerprint density at radius 2 is 0.750 bits per heavy atom. The van der Waals surface area contributed by atoms with E-state index in [0.29, 0.717) is 0 Å². The van der Waals surface area contributed by atoms with Crippen LogP contribution in [-0.2, 0) is 50.3 Å². The van der Waals surface area contributed by atoms with Crippen LogP contribution in [-0.4, -0.2) is 11.0 Å². The Morgan fingerprint density at radius 1 is 0.750 bits per heavy atom. The smallest absolute Gasteiger partial charge is 0 e. The van der Waals surface area contributed by atoms with E-state index in [0.717, 1.165) is 0 Å². The summed E-state index contributed by atoms with van der Waals surface area (Å²) >= 11 is 0. The van der Waals surface area contributed by atoms with Crippen molar-refractivity contribution in [3.8, 4) is 0 Å². The molecule has 0 aliphatic heterocycles. The molecular weight excluding hydrogens is 197 g/mol. The molecule has 0 aromatic rings. The van der Waals surface area contributed by atoms with Crippen LogP contribution in [0, 0.1) is 0 Å². The predicted molar refractivity (Wildman–Crippen MR) is 11.3 cm³/mol. The van der Waals surface area contributed by atoms with Crippen molar-refractivity contribution >= 4 is 11.0 Å². The van der Waals surface area contributed by atoms with Crippen LogP contribution in [0.3, 0.4) is 0 Å². The topological polar surface area (TPSA) is 0 Å². The first kappa shape index (κ1) is 42.7. The molecule has 0 aromatic heterocycles. The summed E-state index contributed by atoms with van der Waals surface area (Å²) in [6, 6.07) is 0. The Balaban J connectivity index is 0. The molecule has 0 rings (SSSR count). The summed E-state index contributed by atoms with van der Waals surface area (Å²) in [7, 11) is 0. The van der Waals surface area contributed by atoms with E-state index in [1.807, 2.05) is 0 Å². The third-order valence-corrected chi connectivity index (χ3v) is 0. The molecule has 0 saturated carbocycles. The molecule has 0 N–H and O–H groups in total. The van der Waals surface area contributed by atoms with E-state index >= 15 is 0 Å². The number of rotatable bonds is 0.